The number of rotatable bonds is 8. The molecule has 4 heteroatoms. The molecule has 0 bridgehead atoms. The molecule has 1 aromatic carbocycles. The molecule has 0 saturated heterocycles. The lowest BCUT2D eigenvalue weighted by molar-refractivity contribution is 0.249. The standard InChI is InChI=1S/C16H28FN3/c1-13(12-20(4)11-7-10-19(2)3)16(18)14-8-5-6-9-15(14)17/h5-6,8-9,13,16H,7,10-12,18H2,1-4H3. The van der Waals surface area contributed by atoms with Crippen LogP contribution in [-0.2, 0) is 0 Å². The molecule has 2 N–H and O–H groups in total. The van der Waals surface area contributed by atoms with Crippen LogP contribution in [0.25, 0.3) is 0 Å². The first-order valence-corrected chi connectivity index (χ1v) is 7.25. The summed E-state index contributed by atoms with van der Waals surface area (Å²) in [6, 6.07) is 6.54. The number of hydrogen-bond donors (Lipinski definition) is 1. The summed E-state index contributed by atoms with van der Waals surface area (Å²) in [5.74, 6) is 0.0124. The van der Waals surface area contributed by atoms with Crippen molar-refractivity contribution < 1.29 is 4.39 Å². The molecule has 2 atom stereocenters. The van der Waals surface area contributed by atoms with E-state index in [0.717, 1.165) is 26.1 Å². The number of halogens is 1. The topological polar surface area (TPSA) is 32.5 Å². The number of nitrogens with zero attached hydrogens (tertiary/aromatic N) is 2. The van der Waals surface area contributed by atoms with Gasteiger partial charge in [0, 0.05) is 18.2 Å². The predicted octanol–water partition coefficient (Wildman–Crippen LogP) is 2.35. The molecule has 1 aromatic rings. The van der Waals surface area contributed by atoms with Crippen molar-refractivity contribution in [3.05, 3.63) is 35.6 Å². The Labute approximate surface area is 122 Å². The zero-order valence-electron chi connectivity index (χ0n) is 13.1. The van der Waals surface area contributed by atoms with Gasteiger partial charge >= 0.3 is 0 Å². The highest BCUT2D eigenvalue weighted by atomic mass is 19.1. The summed E-state index contributed by atoms with van der Waals surface area (Å²) in [5.41, 5.74) is 6.80. The minimum absolute atomic E-state index is 0.206. The van der Waals surface area contributed by atoms with Crippen LogP contribution >= 0.6 is 0 Å². The molecule has 3 nitrogen and oxygen atoms in total. The fourth-order valence-corrected chi connectivity index (χ4v) is 2.41. The molecule has 0 radical (unpaired) electrons. The first kappa shape index (κ1) is 17.1. The summed E-state index contributed by atoms with van der Waals surface area (Å²) in [4.78, 5) is 4.46. The second-order valence-electron chi connectivity index (χ2n) is 5.94. The Kier molecular flexibility index (Phi) is 7.13. The Bertz CT molecular complexity index is 395. The Balaban J connectivity index is 2.45. The normalized spacial score (nSPS) is 14.8. The maximum atomic E-state index is 13.7. The van der Waals surface area contributed by atoms with E-state index < -0.39 is 0 Å². The highest BCUT2D eigenvalue weighted by Gasteiger charge is 2.19. The summed E-state index contributed by atoms with van der Waals surface area (Å²) >= 11 is 0. The van der Waals surface area contributed by atoms with Crippen molar-refractivity contribution in [2.24, 2.45) is 11.7 Å². The molecular formula is C16H28FN3. The van der Waals surface area contributed by atoms with E-state index in [-0.39, 0.29) is 17.8 Å². The quantitative estimate of drug-likeness (QED) is 0.794. The molecule has 0 aliphatic rings. The number of nitrogens with two attached hydrogens (primary N) is 1. The average molecular weight is 281 g/mol. The lowest BCUT2D eigenvalue weighted by atomic mass is 9.94. The molecule has 0 fully saturated rings. The molecule has 0 aliphatic heterocycles. The van der Waals surface area contributed by atoms with Gasteiger partial charge < -0.3 is 15.5 Å². The van der Waals surface area contributed by atoms with Gasteiger partial charge in [-0.25, -0.2) is 4.39 Å². The van der Waals surface area contributed by atoms with Gasteiger partial charge in [0.2, 0.25) is 0 Å². The van der Waals surface area contributed by atoms with Gasteiger partial charge in [-0.15, -0.1) is 0 Å². The fraction of sp³-hybridized carbons (Fsp3) is 0.625. The third-order valence-electron chi connectivity index (χ3n) is 3.62. The highest BCUT2D eigenvalue weighted by Crippen LogP contribution is 2.22. The average Bonchev–Trinajstić information content (AvgIpc) is 2.38. The molecule has 0 aromatic heterocycles. The van der Waals surface area contributed by atoms with Crippen molar-refractivity contribution in [1.82, 2.24) is 9.80 Å². The van der Waals surface area contributed by atoms with E-state index >= 15 is 0 Å². The Morgan fingerprint density at radius 2 is 1.80 bits per heavy atom. The van der Waals surface area contributed by atoms with Crippen LogP contribution in [0, 0.1) is 11.7 Å². The van der Waals surface area contributed by atoms with Crippen LogP contribution in [0.15, 0.2) is 24.3 Å². The summed E-state index contributed by atoms with van der Waals surface area (Å²) in [6.07, 6.45) is 1.13. The van der Waals surface area contributed by atoms with Crippen LogP contribution in [0.5, 0.6) is 0 Å². The van der Waals surface area contributed by atoms with Gasteiger partial charge in [0.25, 0.3) is 0 Å². The number of benzene rings is 1. The molecule has 0 saturated carbocycles. The van der Waals surface area contributed by atoms with Crippen LogP contribution in [0.3, 0.4) is 0 Å². The molecule has 0 spiro atoms. The summed E-state index contributed by atoms with van der Waals surface area (Å²) in [7, 11) is 6.26. The summed E-state index contributed by atoms with van der Waals surface area (Å²) < 4.78 is 13.7. The first-order chi connectivity index (χ1) is 9.41. The van der Waals surface area contributed by atoms with Crippen molar-refractivity contribution in [3.8, 4) is 0 Å². The molecule has 0 heterocycles. The van der Waals surface area contributed by atoms with Gasteiger partial charge in [0.1, 0.15) is 5.82 Å². The minimum Gasteiger partial charge on any atom is -0.324 e. The lowest BCUT2D eigenvalue weighted by Gasteiger charge is -2.26. The molecule has 114 valence electrons. The number of hydrogen-bond acceptors (Lipinski definition) is 3. The van der Waals surface area contributed by atoms with E-state index in [1.165, 1.54) is 6.07 Å². The summed E-state index contributed by atoms with van der Waals surface area (Å²) in [5, 5.41) is 0. The third kappa shape index (κ3) is 5.57. The van der Waals surface area contributed by atoms with Crippen molar-refractivity contribution in [2.45, 2.75) is 19.4 Å². The fourth-order valence-electron chi connectivity index (χ4n) is 2.41. The highest BCUT2D eigenvalue weighted by molar-refractivity contribution is 5.21. The SMILES string of the molecule is CC(CN(C)CCCN(C)C)C(N)c1ccccc1F. The Hall–Kier alpha value is -0.970. The van der Waals surface area contributed by atoms with E-state index in [2.05, 4.69) is 37.9 Å². The minimum atomic E-state index is -0.257. The van der Waals surface area contributed by atoms with Crippen molar-refractivity contribution in [3.63, 3.8) is 0 Å². The molecular weight excluding hydrogens is 253 g/mol. The van der Waals surface area contributed by atoms with E-state index in [1.807, 2.05) is 6.07 Å². The summed E-state index contributed by atoms with van der Waals surface area (Å²) in [6.45, 7) is 5.08. The maximum Gasteiger partial charge on any atom is 0.127 e. The third-order valence-corrected chi connectivity index (χ3v) is 3.62. The van der Waals surface area contributed by atoms with Crippen LogP contribution in [0.1, 0.15) is 24.9 Å². The first-order valence-electron chi connectivity index (χ1n) is 7.25. The van der Waals surface area contributed by atoms with Crippen molar-refractivity contribution >= 4 is 0 Å². The van der Waals surface area contributed by atoms with Gasteiger partial charge in [-0.05, 0) is 52.6 Å². The second-order valence-corrected chi connectivity index (χ2v) is 5.94. The van der Waals surface area contributed by atoms with Gasteiger partial charge in [0.05, 0.1) is 0 Å². The van der Waals surface area contributed by atoms with Crippen LogP contribution in [0.4, 0.5) is 4.39 Å². The second kappa shape index (κ2) is 8.35. The van der Waals surface area contributed by atoms with Crippen LogP contribution in [0.2, 0.25) is 0 Å². The molecule has 20 heavy (non-hydrogen) atoms. The predicted molar refractivity (Wildman–Crippen MR) is 83.2 cm³/mol. The maximum absolute atomic E-state index is 13.7. The van der Waals surface area contributed by atoms with Gasteiger partial charge in [-0.1, -0.05) is 25.1 Å². The van der Waals surface area contributed by atoms with E-state index in [9.17, 15) is 4.39 Å². The van der Waals surface area contributed by atoms with Crippen molar-refractivity contribution in [1.29, 1.82) is 0 Å². The molecule has 1 rings (SSSR count). The Morgan fingerprint density at radius 1 is 1.15 bits per heavy atom. The van der Waals surface area contributed by atoms with E-state index in [4.69, 9.17) is 5.73 Å². The smallest absolute Gasteiger partial charge is 0.127 e. The zero-order valence-corrected chi connectivity index (χ0v) is 13.1. The van der Waals surface area contributed by atoms with Crippen LogP contribution < -0.4 is 5.73 Å². The van der Waals surface area contributed by atoms with Gasteiger partial charge in [0.15, 0.2) is 0 Å². The largest absolute Gasteiger partial charge is 0.324 e. The zero-order chi connectivity index (χ0) is 15.1. The van der Waals surface area contributed by atoms with Gasteiger partial charge in [-0.3, -0.25) is 0 Å². The molecule has 0 aliphatic carbocycles. The molecule has 0 amide bonds. The van der Waals surface area contributed by atoms with E-state index in [1.54, 1.807) is 12.1 Å². The van der Waals surface area contributed by atoms with Gasteiger partial charge in [-0.2, -0.15) is 0 Å². The Morgan fingerprint density at radius 3 is 2.40 bits per heavy atom. The monoisotopic (exact) mass is 281 g/mol. The van der Waals surface area contributed by atoms with Crippen molar-refractivity contribution in [2.75, 3.05) is 40.8 Å². The molecule has 2 unspecified atom stereocenters. The van der Waals surface area contributed by atoms with Crippen LogP contribution in [-0.4, -0.2) is 50.6 Å². The lowest BCUT2D eigenvalue weighted by Crippen LogP contribution is -2.33. The van der Waals surface area contributed by atoms with E-state index in [0.29, 0.717) is 5.56 Å².